The zero-order valence-corrected chi connectivity index (χ0v) is 7.46. The van der Waals surface area contributed by atoms with E-state index in [0.29, 0.717) is 18.4 Å². The molecule has 0 spiro atoms. The Morgan fingerprint density at radius 1 is 1.21 bits per heavy atom. The van der Waals surface area contributed by atoms with Crippen LogP contribution in [0.3, 0.4) is 0 Å². The standard InChI is InChI=1S/C11H8FNO/c12-11-8-4-2-1-3-7(8)10-9(13-11)5-6-14-10/h1-4H,5-6H2. The highest BCUT2D eigenvalue weighted by Gasteiger charge is 2.19. The molecule has 14 heavy (non-hydrogen) atoms. The first kappa shape index (κ1) is 7.74. The van der Waals surface area contributed by atoms with E-state index in [1.807, 2.05) is 12.1 Å². The van der Waals surface area contributed by atoms with E-state index < -0.39 is 5.95 Å². The summed E-state index contributed by atoms with van der Waals surface area (Å²) in [4.78, 5) is 3.89. The predicted octanol–water partition coefficient (Wildman–Crippen LogP) is 2.31. The van der Waals surface area contributed by atoms with Crippen LogP contribution in [0.25, 0.3) is 10.8 Å². The van der Waals surface area contributed by atoms with Gasteiger partial charge in [0, 0.05) is 17.2 Å². The zero-order valence-electron chi connectivity index (χ0n) is 7.46. The highest BCUT2D eigenvalue weighted by atomic mass is 19.1. The summed E-state index contributed by atoms with van der Waals surface area (Å²) < 4.78 is 18.9. The minimum atomic E-state index is -0.398. The van der Waals surface area contributed by atoms with Crippen LogP contribution in [0.4, 0.5) is 4.39 Å². The van der Waals surface area contributed by atoms with Crippen molar-refractivity contribution in [3.63, 3.8) is 0 Å². The third-order valence-corrected chi connectivity index (χ3v) is 2.47. The van der Waals surface area contributed by atoms with Gasteiger partial charge in [-0.3, -0.25) is 0 Å². The first-order valence-electron chi connectivity index (χ1n) is 4.56. The number of ether oxygens (including phenoxy) is 1. The van der Waals surface area contributed by atoms with Gasteiger partial charge in [-0.15, -0.1) is 0 Å². The van der Waals surface area contributed by atoms with E-state index in [1.165, 1.54) is 0 Å². The molecule has 3 rings (SSSR count). The van der Waals surface area contributed by atoms with E-state index in [0.717, 1.165) is 16.8 Å². The molecule has 1 aliphatic rings. The van der Waals surface area contributed by atoms with E-state index in [2.05, 4.69) is 4.98 Å². The molecule has 0 unspecified atom stereocenters. The van der Waals surface area contributed by atoms with Crippen LogP contribution < -0.4 is 4.74 Å². The lowest BCUT2D eigenvalue weighted by Gasteiger charge is -2.04. The number of rotatable bonds is 0. The fourth-order valence-corrected chi connectivity index (χ4v) is 1.83. The SMILES string of the molecule is Fc1nc2c(c3ccccc13)OCC2. The second-order valence-corrected chi connectivity index (χ2v) is 3.32. The maximum atomic E-state index is 13.5. The molecule has 1 aliphatic heterocycles. The van der Waals surface area contributed by atoms with Gasteiger partial charge in [0.15, 0.2) is 0 Å². The van der Waals surface area contributed by atoms with E-state index in [1.54, 1.807) is 12.1 Å². The van der Waals surface area contributed by atoms with Crippen molar-refractivity contribution in [1.82, 2.24) is 4.98 Å². The molecule has 2 heterocycles. The Labute approximate surface area is 80.3 Å². The molecule has 2 nitrogen and oxygen atoms in total. The molecule has 1 aromatic carbocycles. The maximum absolute atomic E-state index is 13.5. The number of fused-ring (bicyclic) bond motifs is 3. The maximum Gasteiger partial charge on any atom is 0.221 e. The summed E-state index contributed by atoms with van der Waals surface area (Å²) in [5, 5.41) is 1.36. The number of halogens is 1. The number of benzene rings is 1. The fourth-order valence-electron chi connectivity index (χ4n) is 1.83. The molecule has 1 aromatic heterocycles. The summed E-state index contributed by atoms with van der Waals surface area (Å²) in [6, 6.07) is 7.27. The van der Waals surface area contributed by atoms with Crippen molar-refractivity contribution < 1.29 is 9.13 Å². The Bertz CT molecular complexity index is 510. The van der Waals surface area contributed by atoms with Crippen LogP contribution in [0.5, 0.6) is 5.75 Å². The summed E-state index contributed by atoms with van der Waals surface area (Å²) in [7, 11) is 0. The van der Waals surface area contributed by atoms with Crippen molar-refractivity contribution in [3.8, 4) is 5.75 Å². The Morgan fingerprint density at radius 3 is 2.86 bits per heavy atom. The average molecular weight is 189 g/mol. The van der Waals surface area contributed by atoms with Crippen molar-refractivity contribution >= 4 is 10.8 Å². The van der Waals surface area contributed by atoms with Crippen LogP contribution in [0.1, 0.15) is 5.69 Å². The quantitative estimate of drug-likeness (QED) is 0.593. The minimum absolute atomic E-state index is 0.398. The van der Waals surface area contributed by atoms with Gasteiger partial charge < -0.3 is 4.74 Å². The molecular weight excluding hydrogens is 181 g/mol. The monoisotopic (exact) mass is 189 g/mol. The van der Waals surface area contributed by atoms with E-state index in [4.69, 9.17) is 4.74 Å². The molecule has 2 aromatic rings. The largest absolute Gasteiger partial charge is 0.491 e. The lowest BCUT2D eigenvalue weighted by atomic mass is 10.1. The van der Waals surface area contributed by atoms with Gasteiger partial charge in [0.05, 0.1) is 12.3 Å². The molecule has 0 radical (unpaired) electrons. The summed E-state index contributed by atoms with van der Waals surface area (Å²) in [6.45, 7) is 0.607. The molecule has 0 saturated carbocycles. The van der Waals surface area contributed by atoms with Crippen molar-refractivity contribution in [1.29, 1.82) is 0 Å². The molecule has 0 amide bonds. The van der Waals surface area contributed by atoms with Crippen LogP contribution >= 0.6 is 0 Å². The first-order valence-corrected chi connectivity index (χ1v) is 4.56. The highest BCUT2D eigenvalue weighted by Crippen LogP contribution is 2.33. The fraction of sp³-hybridized carbons (Fsp3) is 0.182. The van der Waals surface area contributed by atoms with Crippen LogP contribution in [0.2, 0.25) is 0 Å². The molecule has 0 atom stereocenters. The summed E-state index contributed by atoms with van der Waals surface area (Å²) >= 11 is 0. The Hall–Kier alpha value is -1.64. The van der Waals surface area contributed by atoms with Gasteiger partial charge in [-0.2, -0.15) is 4.39 Å². The predicted molar refractivity (Wildman–Crippen MR) is 50.9 cm³/mol. The van der Waals surface area contributed by atoms with E-state index in [-0.39, 0.29) is 0 Å². The van der Waals surface area contributed by atoms with Crippen molar-refractivity contribution in [2.75, 3.05) is 6.61 Å². The van der Waals surface area contributed by atoms with Gasteiger partial charge in [-0.05, 0) is 6.07 Å². The molecule has 0 fully saturated rings. The molecule has 70 valence electrons. The second-order valence-electron chi connectivity index (χ2n) is 3.32. The van der Waals surface area contributed by atoms with E-state index in [9.17, 15) is 4.39 Å². The summed E-state index contributed by atoms with van der Waals surface area (Å²) in [5.74, 6) is 0.354. The van der Waals surface area contributed by atoms with Crippen molar-refractivity contribution in [2.45, 2.75) is 6.42 Å². The summed E-state index contributed by atoms with van der Waals surface area (Å²) in [6.07, 6.45) is 0.705. The van der Waals surface area contributed by atoms with Crippen LogP contribution in [-0.4, -0.2) is 11.6 Å². The number of hydrogen-bond acceptors (Lipinski definition) is 2. The molecule has 0 bridgehead atoms. The number of pyridine rings is 1. The molecule has 0 aliphatic carbocycles. The van der Waals surface area contributed by atoms with Gasteiger partial charge in [0.2, 0.25) is 5.95 Å². The normalized spacial score (nSPS) is 14.1. The van der Waals surface area contributed by atoms with Crippen LogP contribution in [0.15, 0.2) is 24.3 Å². The molecular formula is C11H8FNO. The lowest BCUT2D eigenvalue weighted by molar-refractivity contribution is 0.360. The number of aromatic nitrogens is 1. The van der Waals surface area contributed by atoms with Gasteiger partial charge in [0.25, 0.3) is 0 Å². The minimum Gasteiger partial charge on any atom is -0.491 e. The van der Waals surface area contributed by atoms with Crippen molar-refractivity contribution in [2.24, 2.45) is 0 Å². The van der Waals surface area contributed by atoms with Gasteiger partial charge in [-0.1, -0.05) is 18.2 Å². The third kappa shape index (κ3) is 0.923. The topological polar surface area (TPSA) is 22.1 Å². The molecule has 0 N–H and O–H groups in total. The van der Waals surface area contributed by atoms with Crippen LogP contribution in [-0.2, 0) is 6.42 Å². The van der Waals surface area contributed by atoms with Gasteiger partial charge in [0.1, 0.15) is 5.75 Å². The molecule has 0 saturated heterocycles. The zero-order chi connectivity index (χ0) is 9.54. The van der Waals surface area contributed by atoms with Gasteiger partial charge >= 0.3 is 0 Å². The Kier molecular flexibility index (Phi) is 1.48. The Morgan fingerprint density at radius 2 is 2.00 bits per heavy atom. The van der Waals surface area contributed by atoms with Crippen molar-refractivity contribution in [3.05, 3.63) is 35.9 Å². The second kappa shape index (κ2) is 2.67. The average Bonchev–Trinajstić information content (AvgIpc) is 2.66. The van der Waals surface area contributed by atoms with E-state index >= 15 is 0 Å². The van der Waals surface area contributed by atoms with Crippen LogP contribution in [0, 0.1) is 5.95 Å². The smallest absolute Gasteiger partial charge is 0.221 e. The van der Waals surface area contributed by atoms with Gasteiger partial charge in [-0.25, -0.2) is 4.98 Å². The number of nitrogens with zero attached hydrogens (tertiary/aromatic N) is 1. The lowest BCUT2D eigenvalue weighted by Crippen LogP contribution is -1.91. The third-order valence-electron chi connectivity index (χ3n) is 2.47. The first-order chi connectivity index (χ1) is 6.86. The highest BCUT2D eigenvalue weighted by molar-refractivity contribution is 5.89. The number of hydrogen-bond donors (Lipinski definition) is 0. The summed E-state index contributed by atoms with van der Waals surface area (Å²) in [5.41, 5.74) is 0.737. The Balaban J connectivity index is 2.47. The molecule has 3 heteroatoms.